The third-order valence-electron chi connectivity index (χ3n) is 4.27. The Labute approximate surface area is 176 Å². The van der Waals surface area contributed by atoms with Crippen molar-refractivity contribution in [2.75, 3.05) is 6.79 Å². The Morgan fingerprint density at radius 3 is 2.87 bits per heavy atom. The van der Waals surface area contributed by atoms with E-state index in [-0.39, 0.29) is 12.3 Å². The molecule has 0 amide bonds. The van der Waals surface area contributed by atoms with Crippen LogP contribution in [0.3, 0.4) is 0 Å². The lowest BCUT2D eigenvalue weighted by atomic mass is 10.2. The molecule has 4 rings (SSSR count). The van der Waals surface area contributed by atoms with Gasteiger partial charge in [0.05, 0.1) is 0 Å². The number of hydrogen-bond donors (Lipinski definition) is 4. The van der Waals surface area contributed by atoms with Crippen LogP contribution < -0.4 is 10.2 Å². The maximum absolute atomic E-state index is 12.8. The molecule has 2 aromatic rings. The normalized spacial score (nSPS) is 25.1. The maximum atomic E-state index is 12.8. The fraction of sp³-hybridized carbons (Fsp3) is 0.412. The summed E-state index contributed by atoms with van der Waals surface area (Å²) in [5.74, 6) is -0.111. The van der Waals surface area contributed by atoms with Crippen LogP contribution >= 0.6 is 20.4 Å². The zero-order valence-electron chi connectivity index (χ0n) is 15.9. The van der Waals surface area contributed by atoms with Crippen molar-refractivity contribution in [3.63, 3.8) is 0 Å². The maximum Gasteiger partial charge on any atom is 0.621 e. The predicted octanol–water partition coefficient (Wildman–Crippen LogP) is 2.21. The number of H-pyrrole nitrogens is 1. The zero-order chi connectivity index (χ0) is 21.9. The largest absolute Gasteiger partial charge is 0.621 e. The van der Waals surface area contributed by atoms with E-state index >= 15 is 0 Å². The van der Waals surface area contributed by atoms with Crippen LogP contribution in [0.2, 0.25) is 0 Å². The van der Waals surface area contributed by atoms with Gasteiger partial charge in [0.15, 0.2) is 18.8 Å². The average molecular weight is 463 g/mol. The van der Waals surface area contributed by atoms with Crippen LogP contribution in [0.4, 0.5) is 4.39 Å². The second-order valence-electron chi connectivity index (χ2n) is 6.44. The number of ether oxygens (including phenoxy) is 1. The van der Waals surface area contributed by atoms with Crippen molar-refractivity contribution >= 4 is 20.4 Å². The van der Waals surface area contributed by atoms with Crippen LogP contribution in [0.25, 0.3) is 0 Å². The first-order chi connectivity index (χ1) is 14.2. The van der Waals surface area contributed by atoms with Gasteiger partial charge in [-0.05, 0) is 31.5 Å². The van der Waals surface area contributed by atoms with Crippen molar-refractivity contribution in [3.05, 3.63) is 56.5 Å². The molecule has 2 aliphatic rings. The number of fused-ring (bicyclic) bond motifs is 1. The van der Waals surface area contributed by atoms with Crippen molar-refractivity contribution in [1.82, 2.24) is 9.55 Å². The van der Waals surface area contributed by atoms with E-state index in [0.29, 0.717) is 28.8 Å². The van der Waals surface area contributed by atoms with Crippen LogP contribution in [-0.2, 0) is 20.4 Å². The number of hydrogen-bond acceptors (Lipinski definition) is 9. The van der Waals surface area contributed by atoms with Crippen molar-refractivity contribution in [2.45, 2.75) is 38.9 Å². The average Bonchev–Trinajstić information content (AvgIpc) is 3.12. The highest BCUT2D eigenvalue weighted by atomic mass is 32.1. The zero-order valence-corrected chi connectivity index (χ0v) is 17.6. The van der Waals surface area contributed by atoms with Crippen molar-refractivity contribution in [1.29, 1.82) is 0 Å². The van der Waals surface area contributed by atoms with Crippen molar-refractivity contribution in [3.8, 4) is 5.75 Å². The van der Waals surface area contributed by atoms with Gasteiger partial charge in [-0.15, -0.1) is 9.05 Å². The molecule has 1 aromatic heterocycles. The molecule has 0 aliphatic carbocycles. The number of aliphatic hydroxyl groups excluding tert-OH is 2. The van der Waals surface area contributed by atoms with Gasteiger partial charge >= 0.3 is 13.9 Å². The third-order valence-corrected chi connectivity index (χ3v) is 6.02. The fourth-order valence-electron chi connectivity index (χ4n) is 2.80. The van der Waals surface area contributed by atoms with Gasteiger partial charge in [-0.1, -0.05) is 12.2 Å². The van der Waals surface area contributed by atoms with Crippen LogP contribution in [0.5, 0.6) is 5.75 Å². The molecule has 2 aliphatic heterocycles. The highest BCUT2D eigenvalue weighted by Crippen LogP contribution is 2.61. The minimum atomic E-state index is -3.48. The molecule has 3 heterocycles. The second-order valence-corrected chi connectivity index (χ2v) is 8.49. The summed E-state index contributed by atoms with van der Waals surface area (Å²) < 4.78 is 34.3. The van der Waals surface area contributed by atoms with Crippen LogP contribution in [-0.4, -0.2) is 37.7 Å². The number of benzene rings is 1. The molecular weight excluding hydrogens is 442 g/mol. The molecule has 1 saturated heterocycles. The molecule has 30 heavy (non-hydrogen) atoms. The molecule has 3 atom stereocenters. The van der Waals surface area contributed by atoms with Gasteiger partial charge in [-0.25, -0.2) is 9.18 Å². The molecule has 1 fully saturated rings. The van der Waals surface area contributed by atoms with Gasteiger partial charge < -0.3 is 14.9 Å². The topological polar surface area (TPSA) is 135 Å². The molecule has 0 bridgehead atoms. The minimum absolute atomic E-state index is 0.0165. The van der Waals surface area contributed by atoms with Gasteiger partial charge in [0.2, 0.25) is 0 Å². The van der Waals surface area contributed by atoms with E-state index < -0.39 is 33.3 Å². The van der Waals surface area contributed by atoms with Gasteiger partial charge in [0.1, 0.15) is 23.3 Å². The van der Waals surface area contributed by atoms with Gasteiger partial charge in [-0.2, -0.15) is 4.89 Å². The van der Waals surface area contributed by atoms with E-state index in [1.807, 2.05) is 6.92 Å². The lowest BCUT2D eigenvalue weighted by Crippen LogP contribution is -2.27. The Morgan fingerprint density at radius 2 is 2.20 bits per heavy atom. The highest BCUT2D eigenvalue weighted by molar-refractivity contribution is 7.71. The number of aryl methyl sites for hydroxylation is 1. The summed E-state index contributed by atoms with van der Waals surface area (Å²) in [6, 6.07) is 3.82. The van der Waals surface area contributed by atoms with E-state index in [9.17, 15) is 19.2 Å². The summed E-state index contributed by atoms with van der Waals surface area (Å²) in [5.41, 5.74) is 1.00. The number of aromatic nitrogens is 2. The first kappa shape index (κ1) is 22.9. The molecule has 0 spiro atoms. The molecular formula is C17H21FN2O8PS+. The summed E-state index contributed by atoms with van der Waals surface area (Å²) in [7, 11) is -3.48. The molecule has 13 heteroatoms. The summed E-state index contributed by atoms with van der Waals surface area (Å²) in [5, 5.41) is 17.7. The second kappa shape index (κ2) is 9.58. The van der Waals surface area contributed by atoms with E-state index in [1.54, 1.807) is 6.20 Å². The summed E-state index contributed by atoms with van der Waals surface area (Å²) in [6.45, 7) is 1.10. The Balaban J connectivity index is 0.000000171. The lowest BCUT2D eigenvalue weighted by molar-refractivity contribution is -0.113. The first-order valence-electron chi connectivity index (χ1n) is 8.86. The summed E-state index contributed by atoms with van der Waals surface area (Å²) in [6.07, 6.45) is 1.67. The molecule has 164 valence electrons. The standard InChI is InChI=1S/C9H12N2O3S.C8H9FO5P/c1-5-4-11(9(13)10-8(5)15)6-2-3-7(12)14-6;9-7-1-2-8-6(3-7)4-12-15(11,14-8)13-5-10/h4,6-7,12H,2-3H2,1H3,(H,10,13,15);1-3,10-11H,4-5H2/q;+1/t6?,7-;/m0./s1. The van der Waals surface area contributed by atoms with E-state index in [2.05, 4.69) is 9.51 Å². The summed E-state index contributed by atoms with van der Waals surface area (Å²) >= 11 is 4.94. The number of halogens is 1. The molecule has 2 unspecified atom stereocenters. The number of aromatic amines is 1. The van der Waals surface area contributed by atoms with Crippen molar-refractivity contribution < 1.29 is 37.8 Å². The minimum Gasteiger partial charge on any atom is -0.368 e. The monoisotopic (exact) mass is 463 g/mol. The number of rotatable bonds is 3. The Bertz CT molecular complexity index is 1020. The van der Waals surface area contributed by atoms with Gasteiger partial charge in [-0.3, -0.25) is 14.1 Å². The Hall–Kier alpha value is -1.76. The van der Waals surface area contributed by atoms with Crippen molar-refractivity contribution in [2.24, 2.45) is 0 Å². The lowest BCUT2D eigenvalue weighted by Gasteiger charge is -2.20. The smallest absolute Gasteiger partial charge is 0.368 e. The van der Waals surface area contributed by atoms with Crippen LogP contribution in [0.1, 0.15) is 30.2 Å². The molecule has 0 radical (unpaired) electrons. The highest BCUT2D eigenvalue weighted by Gasteiger charge is 2.50. The third kappa shape index (κ3) is 5.48. The van der Waals surface area contributed by atoms with Crippen LogP contribution in [0, 0.1) is 17.4 Å². The van der Waals surface area contributed by atoms with Gasteiger partial charge in [0, 0.05) is 23.7 Å². The molecule has 0 saturated carbocycles. The van der Waals surface area contributed by atoms with E-state index in [0.717, 1.165) is 5.56 Å². The Morgan fingerprint density at radius 1 is 1.43 bits per heavy atom. The number of nitrogens with zero attached hydrogens (tertiary/aromatic N) is 1. The Kier molecular flexibility index (Phi) is 7.32. The molecule has 4 N–H and O–H groups in total. The van der Waals surface area contributed by atoms with Crippen LogP contribution in [0.15, 0.2) is 29.2 Å². The quantitative estimate of drug-likeness (QED) is 0.307. The van der Waals surface area contributed by atoms with Gasteiger partial charge in [0.25, 0.3) is 0 Å². The molecule has 1 aromatic carbocycles. The first-order valence-corrected chi connectivity index (χ1v) is 10.8. The van der Waals surface area contributed by atoms with E-state index in [4.69, 9.17) is 31.1 Å². The fourth-order valence-corrected chi connectivity index (χ4v) is 3.99. The molecule has 10 nitrogen and oxygen atoms in total. The predicted molar refractivity (Wildman–Crippen MR) is 105 cm³/mol. The number of aliphatic hydroxyl groups is 2. The number of nitrogens with one attached hydrogen (secondary N) is 1. The summed E-state index contributed by atoms with van der Waals surface area (Å²) in [4.78, 5) is 23.7. The SMILES string of the molecule is Cc1cn(C2CC[C@@H](O)O2)c(=O)[nH]c1=S.OCO[P+]1(O)OCc2cc(F)ccc2O1. The van der Waals surface area contributed by atoms with E-state index in [1.165, 1.54) is 22.8 Å².